The number of hydrogen-bond donors (Lipinski definition) is 2. The minimum absolute atomic E-state index is 0. The zero-order valence-corrected chi connectivity index (χ0v) is 9.84. The summed E-state index contributed by atoms with van der Waals surface area (Å²) in [6.45, 7) is 3.89. The van der Waals surface area contributed by atoms with E-state index >= 15 is 0 Å². The molecule has 2 atom stereocenters. The van der Waals surface area contributed by atoms with E-state index in [1.165, 1.54) is 0 Å². The minimum Gasteiger partial charge on any atom is -0.469 e. The molecule has 0 aromatic carbocycles. The van der Waals surface area contributed by atoms with Gasteiger partial charge in [-0.3, -0.25) is 4.79 Å². The Bertz CT molecular complexity index is 394. The van der Waals surface area contributed by atoms with E-state index in [0.29, 0.717) is 29.2 Å². The molecule has 2 N–H and O–H groups in total. The number of piperidine rings is 1. The van der Waals surface area contributed by atoms with E-state index in [0.717, 1.165) is 13.1 Å². The molecule has 5 heteroatoms. The summed E-state index contributed by atoms with van der Waals surface area (Å²) in [5.74, 6) is 2.00. The molecule has 1 saturated carbocycles. The quantitative estimate of drug-likeness (QED) is 0.812. The van der Waals surface area contributed by atoms with E-state index < -0.39 is 0 Å². The molecule has 3 rings (SSSR count). The molecular formula is C11H15ClN2O2. The van der Waals surface area contributed by atoms with E-state index in [1.807, 2.05) is 6.92 Å². The van der Waals surface area contributed by atoms with Gasteiger partial charge < -0.3 is 15.1 Å². The van der Waals surface area contributed by atoms with Crippen LogP contribution < -0.4 is 10.6 Å². The van der Waals surface area contributed by atoms with E-state index in [2.05, 4.69) is 10.6 Å². The maximum absolute atomic E-state index is 11.8. The van der Waals surface area contributed by atoms with E-state index in [1.54, 1.807) is 12.3 Å². The summed E-state index contributed by atoms with van der Waals surface area (Å²) in [7, 11) is 0. The van der Waals surface area contributed by atoms with Crippen molar-refractivity contribution in [1.82, 2.24) is 10.6 Å². The number of aryl methyl sites for hydroxylation is 1. The first-order valence-corrected chi connectivity index (χ1v) is 5.33. The third-order valence-electron chi connectivity index (χ3n) is 3.49. The van der Waals surface area contributed by atoms with Gasteiger partial charge in [-0.25, -0.2) is 0 Å². The summed E-state index contributed by atoms with van der Waals surface area (Å²) in [4.78, 5) is 11.8. The number of carbonyl (C=O) groups is 1. The molecule has 2 heterocycles. The average molecular weight is 243 g/mol. The zero-order valence-electron chi connectivity index (χ0n) is 9.03. The number of nitrogens with one attached hydrogen (secondary N) is 2. The van der Waals surface area contributed by atoms with Crippen LogP contribution in [0.2, 0.25) is 0 Å². The fourth-order valence-corrected chi connectivity index (χ4v) is 2.48. The molecule has 2 unspecified atom stereocenters. The van der Waals surface area contributed by atoms with Crippen molar-refractivity contribution in [2.24, 2.45) is 11.8 Å². The maximum Gasteiger partial charge on any atom is 0.255 e. The van der Waals surface area contributed by atoms with Gasteiger partial charge in [0.15, 0.2) is 0 Å². The smallest absolute Gasteiger partial charge is 0.255 e. The van der Waals surface area contributed by atoms with Gasteiger partial charge in [-0.15, -0.1) is 12.4 Å². The highest BCUT2D eigenvalue weighted by atomic mass is 35.5. The predicted molar refractivity (Wildman–Crippen MR) is 61.8 cm³/mol. The first-order valence-electron chi connectivity index (χ1n) is 5.33. The third kappa shape index (κ3) is 1.72. The summed E-state index contributed by atoms with van der Waals surface area (Å²) < 4.78 is 5.11. The summed E-state index contributed by atoms with van der Waals surface area (Å²) in [5, 5.41) is 6.36. The first kappa shape index (κ1) is 11.5. The van der Waals surface area contributed by atoms with Crippen LogP contribution in [-0.4, -0.2) is 25.0 Å². The molecule has 2 aliphatic rings. The Kier molecular flexibility index (Phi) is 2.95. The second-order valence-electron chi connectivity index (χ2n) is 4.38. The summed E-state index contributed by atoms with van der Waals surface area (Å²) >= 11 is 0. The highest BCUT2D eigenvalue weighted by Crippen LogP contribution is 2.41. The van der Waals surface area contributed by atoms with Gasteiger partial charge in [-0.2, -0.15) is 0 Å². The lowest BCUT2D eigenvalue weighted by Crippen LogP contribution is -2.32. The number of fused-ring (bicyclic) bond motifs is 1. The van der Waals surface area contributed by atoms with Gasteiger partial charge in [0, 0.05) is 19.1 Å². The number of furan rings is 1. The van der Waals surface area contributed by atoms with Crippen LogP contribution in [0.25, 0.3) is 0 Å². The largest absolute Gasteiger partial charge is 0.469 e. The molecule has 4 nitrogen and oxygen atoms in total. The normalized spacial score (nSPS) is 30.4. The van der Waals surface area contributed by atoms with Crippen molar-refractivity contribution in [2.45, 2.75) is 13.0 Å². The van der Waals surface area contributed by atoms with E-state index in [-0.39, 0.29) is 18.3 Å². The number of rotatable bonds is 2. The zero-order chi connectivity index (χ0) is 10.4. The molecule has 1 aliphatic carbocycles. The number of carbonyl (C=O) groups excluding carboxylic acids is 1. The van der Waals surface area contributed by atoms with Crippen LogP contribution in [0.5, 0.6) is 0 Å². The second-order valence-corrected chi connectivity index (χ2v) is 4.38. The highest BCUT2D eigenvalue weighted by Gasteiger charge is 2.53. The Morgan fingerprint density at radius 3 is 2.75 bits per heavy atom. The Morgan fingerprint density at radius 2 is 2.19 bits per heavy atom. The SMILES string of the molecule is Cc1occc1C(=O)NC1C2CNCC21.Cl. The van der Waals surface area contributed by atoms with E-state index in [9.17, 15) is 4.79 Å². The average Bonchev–Trinajstić information content (AvgIpc) is 2.66. The Labute approximate surface area is 100 Å². The first-order chi connectivity index (χ1) is 7.27. The molecular weight excluding hydrogens is 228 g/mol. The topological polar surface area (TPSA) is 54.3 Å². The van der Waals surface area contributed by atoms with Crippen molar-refractivity contribution in [3.8, 4) is 0 Å². The van der Waals surface area contributed by atoms with Gasteiger partial charge in [0.1, 0.15) is 5.76 Å². The molecule has 1 aromatic rings. The maximum atomic E-state index is 11.8. The van der Waals surface area contributed by atoms with Crippen LogP contribution in [-0.2, 0) is 0 Å². The molecule has 2 fully saturated rings. The van der Waals surface area contributed by atoms with Gasteiger partial charge in [-0.05, 0) is 24.8 Å². The lowest BCUT2D eigenvalue weighted by Gasteiger charge is -2.06. The van der Waals surface area contributed by atoms with Crippen LogP contribution in [0, 0.1) is 18.8 Å². The molecule has 1 aliphatic heterocycles. The van der Waals surface area contributed by atoms with Gasteiger partial charge in [0.25, 0.3) is 5.91 Å². The highest BCUT2D eigenvalue weighted by molar-refractivity contribution is 5.95. The van der Waals surface area contributed by atoms with Crippen molar-refractivity contribution in [2.75, 3.05) is 13.1 Å². The lowest BCUT2D eigenvalue weighted by atomic mass is 10.2. The molecule has 0 radical (unpaired) electrons. The van der Waals surface area contributed by atoms with Crippen LogP contribution in [0.3, 0.4) is 0 Å². The number of hydrogen-bond acceptors (Lipinski definition) is 3. The Hall–Kier alpha value is -1.00. The van der Waals surface area contributed by atoms with Crippen molar-refractivity contribution < 1.29 is 9.21 Å². The summed E-state index contributed by atoms with van der Waals surface area (Å²) in [5.41, 5.74) is 0.660. The molecule has 88 valence electrons. The minimum atomic E-state index is 0. The van der Waals surface area contributed by atoms with Crippen LogP contribution >= 0.6 is 12.4 Å². The number of amides is 1. The van der Waals surface area contributed by atoms with E-state index in [4.69, 9.17) is 4.42 Å². The second kappa shape index (κ2) is 4.11. The fourth-order valence-electron chi connectivity index (χ4n) is 2.48. The summed E-state index contributed by atoms with van der Waals surface area (Å²) in [6, 6.07) is 2.11. The van der Waals surface area contributed by atoms with Crippen LogP contribution in [0.15, 0.2) is 16.7 Å². The van der Waals surface area contributed by atoms with Gasteiger partial charge in [0.2, 0.25) is 0 Å². The van der Waals surface area contributed by atoms with Crippen molar-refractivity contribution >= 4 is 18.3 Å². The van der Waals surface area contributed by atoms with Crippen molar-refractivity contribution in [3.05, 3.63) is 23.7 Å². The molecule has 0 bridgehead atoms. The molecule has 1 aromatic heterocycles. The predicted octanol–water partition coefficient (Wildman–Crippen LogP) is 0.957. The molecule has 1 amide bonds. The summed E-state index contributed by atoms with van der Waals surface area (Å²) in [6.07, 6.45) is 1.56. The van der Waals surface area contributed by atoms with Crippen LogP contribution in [0.4, 0.5) is 0 Å². The number of halogens is 1. The van der Waals surface area contributed by atoms with Crippen molar-refractivity contribution in [3.63, 3.8) is 0 Å². The third-order valence-corrected chi connectivity index (χ3v) is 3.49. The molecule has 1 saturated heterocycles. The fraction of sp³-hybridized carbons (Fsp3) is 0.545. The standard InChI is InChI=1S/C11H14N2O2.ClH/c1-6-7(2-3-15-6)11(14)13-10-8-4-12-5-9(8)10;/h2-3,8-10,12H,4-5H2,1H3,(H,13,14);1H. The molecule has 16 heavy (non-hydrogen) atoms. The Balaban J connectivity index is 0.000000963. The van der Waals surface area contributed by atoms with Gasteiger partial charge in [-0.1, -0.05) is 0 Å². The monoisotopic (exact) mass is 242 g/mol. The van der Waals surface area contributed by atoms with Crippen LogP contribution in [0.1, 0.15) is 16.1 Å². The molecule has 0 spiro atoms. The van der Waals surface area contributed by atoms with Gasteiger partial charge >= 0.3 is 0 Å². The van der Waals surface area contributed by atoms with Gasteiger partial charge in [0.05, 0.1) is 11.8 Å². The van der Waals surface area contributed by atoms with Crippen molar-refractivity contribution in [1.29, 1.82) is 0 Å². The lowest BCUT2D eigenvalue weighted by molar-refractivity contribution is 0.0945. The Morgan fingerprint density at radius 1 is 1.50 bits per heavy atom.